The van der Waals surface area contributed by atoms with E-state index in [9.17, 15) is 18.8 Å². The second-order valence-corrected chi connectivity index (χ2v) is 9.12. The first kappa shape index (κ1) is 26.3. The predicted molar refractivity (Wildman–Crippen MR) is 147 cm³/mol. The fourth-order valence-electron chi connectivity index (χ4n) is 3.88. The Hall–Kier alpha value is -5.32. The van der Waals surface area contributed by atoms with Crippen LogP contribution in [0.1, 0.15) is 23.2 Å². The lowest BCUT2D eigenvalue weighted by molar-refractivity contribution is -0.131. The Labute approximate surface area is 229 Å². The Bertz CT molecular complexity index is 1540. The van der Waals surface area contributed by atoms with Gasteiger partial charge in [-0.1, -0.05) is 0 Å². The van der Waals surface area contributed by atoms with Crippen molar-refractivity contribution in [2.24, 2.45) is 5.41 Å². The van der Waals surface area contributed by atoms with E-state index in [0.29, 0.717) is 53.0 Å². The lowest BCUT2D eigenvalue weighted by Crippen LogP contribution is -2.35. The molecule has 0 unspecified atom stereocenters. The van der Waals surface area contributed by atoms with Gasteiger partial charge in [-0.15, -0.1) is 0 Å². The van der Waals surface area contributed by atoms with Gasteiger partial charge in [-0.2, -0.15) is 4.98 Å². The van der Waals surface area contributed by atoms with Crippen LogP contribution in [-0.4, -0.2) is 34.7 Å². The van der Waals surface area contributed by atoms with Gasteiger partial charge >= 0.3 is 0 Å². The van der Waals surface area contributed by atoms with Crippen LogP contribution in [0.4, 0.5) is 27.4 Å². The maximum atomic E-state index is 13.1. The van der Waals surface area contributed by atoms with E-state index in [1.807, 2.05) is 0 Å². The van der Waals surface area contributed by atoms with E-state index in [-0.39, 0.29) is 5.91 Å². The number of nitrogens with one attached hydrogen (secondary N) is 4. The molecule has 0 saturated heterocycles. The fourth-order valence-corrected chi connectivity index (χ4v) is 3.88. The number of nitrogens with zero attached hydrogens (tertiary/aromatic N) is 2. The molecule has 1 fully saturated rings. The number of halogens is 1. The van der Waals surface area contributed by atoms with E-state index in [4.69, 9.17) is 4.74 Å². The van der Waals surface area contributed by atoms with Crippen molar-refractivity contribution in [2.75, 3.05) is 23.0 Å². The van der Waals surface area contributed by atoms with Crippen LogP contribution in [0.2, 0.25) is 0 Å². The van der Waals surface area contributed by atoms with Crippen molar-refractivity contribution >= 4 is 40.7 Å². The van der Waals surface area contributed by atoms with Crippen molar-refractivity contribution in [3.63, 3.8) is 0 Å². The summed E-state index contributed by atoms with van der Waals surface area (Å²) in [7, 11) is 1.57. The normalized spacial score (nSPS) is 13.1. The largest absolute Gasteiger partial charge is 0.439 e. The fraction of sp³-hybridized carbons (Fsp3) is 0.138. The second-order valence-electron chi connectivity index (χ2n) is 9.12. The Kier molecular flexibility index (Phi) is 7.36. The molecule has 4 aromatic rings. The van der Waals surface area contributed by atoms with Gasteiger partial charge in [-0.3, -0.25) is 14.4 Å². The van der Waals surface area contributed by atoms with Crippen molar-refractivity contribution in [3.05, 3.63) is 96.4 Å². The van der Waals surface area contributed by atoms with Crippen LogP contribution in [0.25, 0.3) is 0 Å². The van der Waals surface area contributed by atoms with Gasteiger partial charge in [0.15, 0.2) is 0 Å². The number of hydrogen-bond donors (Lipinski definition) is 4. The smallest absolute Gasteiger partial charge is 0.251 e. The molecule has 0 spiro atoms. The SMILES string of the molecule is CNC(=O)c1ccc(Nc2nccc(Oc3ccc(NC(=O)C4(C(=O)Nc5ccc(F)cc5)CC4)cc3)n2)cc1. The molecule has 1 aliphatic rings. The third-order valence-corrected chi connectivity index (χ3v) is 6.32. The molecule has 40 heavy (non-hydrogen) atoms. The zero-order valence-electron chi connectivity index (χ0n) is 21.4. The molecule has 1 aromatic heterocycles. The molecule has 1 saturated carbocycles. The third-order valence-electron chi connectivity index (χ3n) is 6.32. The van der Waals surface area contributed by atoms with Crippen molar-refractivity contribution in [3.8, 4) is 11.6 Å². The minimum atomic E-state index is -1.16. The summed E-state index contributed by atoms with van der Waals surface area (Å²) in [4.78, 5) is 45.9. The van der Waals surface area contributed by atoms with Gasteiger partial charge in [0.2, 0.25) is 23.6 Å². The number of anilines is 4. The average Bonchev–Trinajstić information content (AvgIpc) is 3.78. The van der Waals surface area contributed by atoms with Gasteiger partial charge in [-0.05, 0) is 85.6 Å². The number of hydrogen-bond acceptors (Lipinski definition) is 7. The van der Waals surface area contributed by atoms with E-state index in [0.717, 1.165) is 0 Å². The second kappa shape index (κ2) is 11.2. The maximum Gasteiger partial charge on any atom is 0.251 e. The summed E-state index contributed by atoms with van der Waals surface area (Å²) in [5.41, 5.74) is 1.00. The molecular weight excluding hydrogens is 515 g/mol. The highest BCUT2D eigenvalue weighted by atomic mass is 19.1. The number of benzene rings is 3. The molecule has 10 nitrogen and oxygen atoms in total. The Morgan fingerprint density at radius 1 is 0.800 bits per heavy atom. The first-order valence-electron chi connectivity index (χ1n) is 12.4. The summed E-state index contributed by atoms with van der Waals surface area (Å²) in [6.45, 7) is 0. The van der Waals surface area contributed by atoms with Crippen LogP contribution in [-0.2, 0) is 9.59 Å². The molecule has 11 heteroatoms. The van der Waals surface area contributed by atoms with Gasteiger partial charge in [0.25, 0.3) is 5.91 Å². The number of aromatic nitrogens is 2. The predicted octanol–water partition coefficient (Wildman–Crippen LogP) is 4.87. The molecule has 0 atom stereocenters. The van der Waals surface area contributed by atoms with E-state index in [1.54, 1.807) is 67.8 Å². The minimum absolute atomic E-state index is 0.178. The van der Waals surface area contributed by atoms with Crippen molar-refractivity contribution in [1.29, 1.82) is 0 Å². The lowest BCUT2D eigenvalue weighted by atomic mass is 10.0. The van der Waals surface area contributed by atoms with Crippen LogP contribution in [0, 0.1) is 11.2 Å². The molecule has 3 amide bonds. The number of carbonyl (C=O) groups excluding carboxylic acids is 3. The Balaban J connectivity index is 1.17. The number of carbonyl (C=O) groups is 3. The highest BCUT2D eigenvalue weighted by molar-refractivity contribution is 6.16. The van der Waals surface area contributed by atoms with Gasteiger partial charge in [0.1, 0.15) is 17.0 Å². The Morgan fingerprint density at radius 3 is 1.95 bits per heavy atom. The van der Waals surface area contributed by atoms with Crippen LogP contribution in [0.3, 0.4) is 0 Å². The number of amides is 3. The third kappa shape index (κ3) is 6.04. The molecule has 5 rings (SSSR count). The maximum absolute atomic E-state index is 13.1. The number of ether oxygens (including phenoxy) is 1. The van der Waals surface area contributed by atoms with Gasteiger partial charge in [0.05, 0.1) is 0 Å². The molecule has 4 N–H and O–H groups in total. The molecule has 0 aliphatic heterocycles. The molecule has 0 radical (unpaired) electrons. The van der Waals surface area contributed by atoms with E-state index in [1.165, 1.54) is 24.3 Å². The topological polar surface area (TPSA) is 134 Å². The van der Waals surface area contributed by atoms with Crippen molar-refractivity contribution in [1.82, 2.24) is 15.3 Å². The molecule has 0 bridgehead atoms. The molecule has 3 aromatic carbocycles. The summed E-state index contributed by atoms with van der Waals surface area (Å²) < 4.78 is 19.0. The number of rotatable bonds is 9. The molecule has 1 aliphatic carbocycles. The van der Waals surface area contributed by atoms with E-state index < -0.39 is 23.0 Å². The van der Waals surface area contributed by atoms with Gasteiger partial charge < -0.3 is 26.0 Å². The summed E-state index contributed by atoms with van der Waals surface area (Å²) in [5, 5.41) is 11.1. The highest BCUT2D eigenvalue weighted by Gasteiger charge is 2.56. The van der Waals surface area contributed by atoms with Gasteiger partial charge in [-0.25, -0.2) is 9.37 Å². The summed E-state index contributed by atoms with van der Waals surface area (Å²) >= 11 is 0. The highest BCUT2D eigenvalue weighted by Crippen LogP contribution is 2.47. The van der Waals surface area contributed by atoms with Crippen molar-refractivity contribution in [2.45, 2.75) is 12.8 Å². The van der Waals surface area contributed by atoms with E-state index >= 15 is 0 Å². The van der Waals surface area contributed by atoms with Crippen molar-refractivity contribution < 1.29 is 23.5 Å². The standard InChI is InChI=1S/C29H25FN6O4/c1-31-25(37)18-2-6-22(7-3-18)35-28-32-17-14-24(36-28)40-23-12-10-21(11-13-23)34-27(39)29(15-16-29)26(38)33-20-8-4-19(30)5-9-20/h2-14,17H,15-16H2,1H3,(H,31,37)(H,33,38)(H,34,39)(H,32,35,36). The average molecular weight is 541 g/mol. The summed E-state index contributed by atoms with van der Waals surface area (Å²) in [6, 6.07) is 20.5. The van der Waals surface area contributed by atoms with E-state index in [2.05, 4.69) is 31.2 Å². The summed E-state index contributed by atoms with van der Waals surface area (Å²) in [5.74, 6) is -0.334. The molecule has 202 valence electrons. The first-order valence-corrected chi connectivity index (χ1v) is 12.4. The first-order chi connectivity index (χ1) is 19.3. The van der Waals surface area contributed by atoms with Crippen LogP contribution >= 0.6 is 0 Å². The summed E-state index contributed by atoms with van der Waals surface area (Å²) in [6.07, 6.45) is 2.40. The van der Waals surface area contributed by atoms with Crippen LogP contribution in [0.5, 0.6) is 11.6 Å². The zero-order chi connectivity index (χ0) is 28.1. The monoisotopic (exact) mass is 540 g/mol. The van der Waals surface area contributed by atoms with Crippen LogP contribution < -0.4 is 26.0 Å². The molecular formula is C29H25FN6O4. The minimum Gasteiger partial charge on any atom is -0.439 e. The van der Waals surface area contributed by atoms with Crippen LogP contribution in [0.15, 0.2) is 85.1 Å². The zero-order valence-corrected chi connectivity index (χ0v) is 21.4. The van der Waals surface area contributed by atoms with Gasteiger partial charge in [0, 0.05) is 41.9 Å². The lowest BCUT2D eigenvalue weighted by Gasteiger charge is -2.16. The quantitative estimate of drug-likeness (QED) is 0.223. The Morgan fingerprint density at radius 2 is 1.38 bits per heavy atom. The molecule has 1 heterocycles.